The number of hydrogen-bond acceptors (Lipinski definition) is 6. The minimum Gasteiger partial charge on any atom is -0.507 e. The van der Waals surface area contributed by atoms with E-state index in [1.807, 2.05) is 24.4 Å². The molecule has 1 fully saturated rings. The Morgan fingerprint density at radius 1 is 1.03 bits per heavy atom. The van der Waals surface area contributed by atoms with Gasteiger partial charge in [-0.15, -0.1) is 0 Å². The third kappa shape index (κ3) is 4.07. The first kappa shape index (κ1) is 23.2. The van der Waals surface area contributed by atoms with Gasteiger partial charge in [-0.2, -0.15) is 0 Å². The molecule has 3 heterocycles. The summed E-state index contributed by atoms with van der Waals surface area (Å²) in [7, 11) is 3.16. The number of aromatic nitrogens is 2. The van der Waals surface area contributed by atoms with Gasteiger partial charge in [0.1, 0.15) is 23.3 Å². The lowest BCUT2D eigenvalue weighted by Crippen LogP contribution is -2.32. The molecule has 0 bridgehead atoms. The molecule has 36 heavy (non-hydrogen) atoms. The Labute approximate surface area is 207 Å². The molecule has 2 aromatic carbocycles. The molecule has 0 saturated carbocycles. The predicted molar refractivity (Wildman–Crippen MR) is 135 cm³/mol. The molecule has 2 aromatic heterocycles. The first-order valence-electron chi connectivity index (χ1n) is 11.5. The number of methoxy groups -OCH3 is 2. The number of amides is 1. The number of pyridine rings is 1. The van der Waals surface area contributed by atoms with Crippen LogP contribution in [0.3, 0.4) is 0 Å². The number of fused-ring (bicyclic) bond motifs is 1. The van der Waals surface area contributed by atoms with Crippen molar-refractivity contribution in [1.29, 1.82) is 0 Å². The summed E-state index contributed by atoms with van der Waals surface area (Å²) in [5.74, 6) is -0.302. The van der Waals surface area contributed by atoms with E-state index in [4.69, 9.17) is 9.47 Å². The second-order valence-electron chi connectivity index (χ2n) is 8.45. The first-order chi connectivity index (χ1) is 17.5. The fourth-order valence-electron chi connectivity index (χ4n) is 4.59. The summed E-state index contributed by atoms with van der Waals surface area (Å²) in [4.78, 5) is 35.6. The summed E-state index contributed by atoms with van der Waals surface area (Å²) in [5, 5.41) is 12.1. The van der Waals surface area contributed by atoms with Crippen LogP contribution in [0, 0.1) is 0 Å². The number of rotatable bonds is 7. The van der Waals surface area contributed by atoms with Crippen LogP contribution in [0.25, 0.3) is 16.7 Å². The van der Waals surface area contributed by atoms with Gasteiger partial charge in [-0.1, -0.05) is 6.07 Å². The van der Waals surface area contributed by atoms with Gasteiger partial charge < -0.3 is 24.5 Å². The highest BCUT2D eigenvalue weighted by Crippen LogP contribution is 2.39. The number of aliphatic hydroxyl groups excluding tert-OH is 1. The Bertz CT molecular complexity index is 1460. The number of ketones is 1. The Morgan fingerprint density at radius 3 is 2.47 bits per heavy atom. The fraction of sp³-hybridized carbons (Fsp3) is 0.179. The van der Waals surface area contributed by atoms with E-state index < -0.39 is 17.7 Å². The fourth-order valence-corrected chi connectivity index (χ4v) is 4.59. The maximum atomic E-state index is 13.2. The number of likely N-dealkylation sites (tertiary alicyclic amines) is 1. The zero-order valence-electron chi connectivity index (χ0n) is 19.9. The smallest absolute Gasteiger partial charge is 0.295 e. The van der Waals surface area contributed by atoms with E-state index in [0.29, 0.717) is 23.4 Å². The van der Waals surface area contributed by atoms with E-state index in [0.717, 1.165) is 22.2 Å². The lowest BCUT2D eigenvalue weighted by Gasteiger charge is -2.24. The molecule has 1 atom stereocenters. The van der Waals surface area contributed by atoms with Crippen molar-refractivity contribution in [2.24, 2.45) is 0 Å². The van der Waals surface area contributed by atoms with Gasteiger partial charge in [-0.05, 0) is 66.6 Å². The van der Waals surface area contributed by atoms with Crippen molar-refractivity contribution in [2.45, 2.75) is 12.5 Å². The van der Waals surface area contributed by atoms with Gasteiger partial charge in [0, 0.05) is 35.4 Å². The van der Waals surface area contributed by atoms with Gasteiger partial charge in [0.2, 0.25) is 0 Å². The summed E-state index contributed by atoms with van der Waals surface area (Å²) in [6, 6.07) is 16.9. The number of carbonyl (C=O) groups excluding carboxylic acids is 2. The summed E-state index contributed by atoms with van der Waals surface area (Å²) in [5.41, 5.74) is 2.88. The standard InChI is InChI=1S/C28H25N3O5/c1-35-19-8-6-17(7-9-19)26(32)24-25(23-5-3-4-13-29-23)31(28(34)27(24)33)14-12-18-16-30-22-11-10-20(36-2)15-21(18)22/h3-11,13,15-16,25,30,32H,12,14H2,1-2H3/t25-/m1/s1. The number of H-pyrrole nitrogens is 1. The molecule has 4 aromatic rings. The van der Waals surface area contributed by atoms with Crippen molar-refractivity contribution in [2.75, 3.05) is 20.8 Å². The van der Waals surface area contributed by atoms with E-state index in [9.17, 15) is 14.7 Å². The summed E-state index contributed by atoms with van der Waals surface area (Å²) < 4.78 is 10.5. The third-order valence-electron chi connectivity index (χ3n) is 6.47. The molecule has 0 aliphatic carbocycles. The van der Waals surface area contributed by atoms with Crippen molar-refractivity contribution in [3.63, 3.8) is 0 Å². The number of aliphatic hydroxyl groups is 1. The van der Waals surface area contributed by atoms with Crippen molar-refractivity contribution in [3.05, 3.63) is 95.5 Å². The highest BCUT2D eigenvalue weighted by atomic mass is 16.5. The van der Waals surface area contributed by atoms with Gasteiger partial charge in [0.25, 0.3) is 11.7 Å². The van der Waals surface area contributed by atoms with Crippen molar-refractivity contribution >= 4 is 28.4 Å². The van der Waals surface area contributed by atoms with Crippen LogP contribution >= 0.6 is 0 Å². The van der Waals surface area contributed by atoms with Crippen LogP contribution < -0.4 is 9.47 Å². The zero-order chi connectivity index (χ0) is 25.2. The lowest BCUT2D eigenvalue weighted by molar-refractivity contribution is -0.139. The second kappa shape index (κ2) is 9.58. The Hall–Kier alpha value is -4.59. The third-order valence-corrected chi connectivity index (χ3v) is 6.47. The zero-order valence-corrected chi connectivity index (χ0v) is 19.9. The van der Waals surface area contributed by atoms with E-state index in [1.165, 1.54) is 4.90 Å². The molecule has 1 aliphatic heterocycles. The minimum absolute atomic E-state index is 0.0180. The number of benzene rings is 2. The molecular formula is C28H25N3O5. The van der Waals surface area contributed by atoms with Gasteiger partial charge in [0.15, 0.2) is 0 Å². The SMILES string of the molecule is COc1ccc(C(O)=C2C(=O)C(=O)N(CCc3c[nH]c4ccc(OC)cc34)[C@@H]2c2ccccn2)cc1. The molecule has 2 N–H and O–H groups in total. The van der Waals surface area contributed by atoms with Crippen LogP contribution in [0.4, 0.5) is 0 Å². The van der Waals surface area contributed by atoms with E-state index in [-0.39, 0.29) is 17.9 Å². The molecule has 1 aliphatic rings. The number of carbonyl (C=O) groups is 2. The van der Waals surface area contributed by atoms with Crippen LogP contribution in [0.5, 0.6) is 11.5 Å². The van der Waals surface area contributed by atoms with Gasteiger partial charge in [-0.3, -0.25) is 14.6 Å². The largest absolute Gasteiger partial charge is 0.507 e. The topological polar surface area (TPSA) is 105 Å². The second-order valence-corrected chi connectivity index (χ2v) is 8.45. The van der Waals surface area contributed by atoms with E-state index in [1.54, 1.807) is 62.9 Å². The van der Waals surface area contributed by atoms with Crippen LogP contribution in [-0.4, -0.2) is 52.4 Å². The number of ether oxygens (including phenoxy) is 2. The molecule has 8 nitrogen and oxygen atoms in total. The molecule has 1 saturated heterocycles. The Morgan fingerprint density at radius 2 is 1.78 bits per heavy atom. The number of nitrogens with one attached hydrogen (secondary N) is 1. The highest BCUT2D eigenvalue weighted by Gasteiger charge is 2.46. The normalized spacial score (nSPS) is 17.1. The predicted octanol–water partition coefficient (Wildman–Crippen LogP) is 4.24. The molecule has 0 unspecified atom stereocenters. The van der Waals surface area contributed by atoms with Crippen LogP contribution in [0.2, 0.25) is 0 Å². The van der Waals surface area contributed by atoms with Crippen molar-refractivity contribution in [1.82, 2.24) is 14.9 Å². The summed E-state index contributed by atoms with van der Waals surface area (Å²) in [6.45, 7) is 0.259. The number of hydrogen-bond donors (Lipinski definition) is 2. The van der Waals surface area contributed by atoms with E-state index >= 15 is 0 Å². The summed E-state index contributed by atoms with van der Waals surface area (Å²) in [6.07, 6.45) is 3.99. The molecule has 8 heteroatoms. The molecular weight excluding hydrogens is 458 g/mol. The Kier molecular flexibility index (Phi) is 6.16. The van der Waals surface area contributed by atoms with Crippen LogP contribution in [0.1, 0.15) is 22.9 Å². The number of nitrogens with zero attached hydrogens (tertiary/aromatic N) is 2. The monoisotopic (exact) mass is 483 g/mol. The molecule has 0 spiro atoms. The first-order valence-corrected chi connectivity index (χ1v) is 11.5. The van der Waals surface area contributed by atoms with Crippen LogP contribution in [0.15, 0.2) is 78.6 Å². The molecule has 0 radical (unpaired) electrons. The highest BCUT2D eigenvalue weighted by molar-refractivity contribution is 6.46. The average molecular weight is 484 g/mol. The minimum atomic E-state index is -0.812. The average Bonchev–Trinajstić information content (AvgIpc) is 3.44. The lowest BCUT2D eigenvalue weighted by atomic mass is 9.98. The Balaban J connectivity index is 1.53. The molecule has 1 amide bonds. The number of Topliss-reactive ketones (excluding diaryl/α,β-unsaturated/α-hetero) is 1. The molecule has 5 rings (SSSR count). The van der Waals surface area contributed by atoms with Gasteiger partial charge in [-0.25, -0.2) is 0 Å². The van der Waals surface area contributed by atoms with Crippen LogP contribution in [-0.2, 0) is 16.0 Å². The van der Waals surface area contributed by atoms with Gasteiger partial charge in [0.05, 0.1) is 25.5 Å². The summed E-state index contributed by atoms with van der Waals surface area (Å²) >= 11 is 0. The van der Waals surface area contributed by atoms with Gasteiger partial charge >= 0.3 is 0 Å². The quantitative estimate of drug-likeness (QED) is 0.231. The molecule has 182 valence electrons. The van der Waals surface area contributed by atoms with Crippen molar-refractivity contribution in [3.8, 4) is 11.5 Å². The maximum absolute atomic E-state index is 13.2. The number of aromatic amines is 1. The maximum Gasteiger partial charge on any atom is 0.295 e. The van der Waals surface area contributed by atoms with E-state index in [2.05, 4.69) is 9.97 Å². The van der Waals surface area contributed by atoms with Crippen molar-refractivity contribution < 1.29 is 24.2 Å².